The zero-order valence-electron chi connectivity index (χ0n) is 19.3. The summed E-state index contributed by atoms with van der Waals surface area (Å²) in [7, 11) is 0. The number of anilines is 1. The predicted molar refractivity (Wildman–Crippen MR) is 118 cm³/mol. The lowest BCUT2D eigenvalue weighted by Crippen LogP contribution is -2.52. The van der Waals surface area contributed by atoms with E-state index in [-0.39, 0.29) is 31.1 Å². The Bertz CT molecular complexity index is 976. The molecule has 192 valence electrons. The van der Waals surface area contributed by atoms with Gasteiger partial charge in [-0.1, -0.05) is 19.8 Å². The van der Waals surface area contributed by atoms with Crippen LogP contribution in [0.1, 0.15) is 51.0 Å². The van der Waals surface area contributed by atoms with Crippen molar-refractivity contribution in [3.8, 4) is 0 Å². The molecule has 2 saturated carbocycles. The molecule has 3 fully saturated rings. The largest absolute Gasteiger partial charge is 0.410 e. The van der Waals surface area contributed by atoms with Gasteiger partial charge in [0.15, 0.2) is 5.67 Å². The average Bonchev–Trinajstić information content (AvgIpc) is 3.44. The van der Waals surface area contributed by atoms with Crippen LogP contribution in [-0.4, -0.2) is 58.2 Å². The van der Waals surface area contributed by atoms with Crippen molar-refractivity contribution in [1.29, 1.82) is 0 Å². The topological polar surface area (TPSA) is 103 Å². The van der Waals surface area contributed by atoms with E-state index in [0.717, 1.165) is 30.6 Å². The number of carbonyl (C=O) groups is 3. The monoisotopic (exact) mass is 499 g/mol. The van der Waals surface area contributed by atoms with Gasteiger partial charge in [0.25, 0.3) is 5.91 Å². The third kappa shape index (κ3) is 6.02. The highest BCUT2D eigenvalue weighted by molar-refractivity contribution is 5.98. The Hall–Kier alpha value is -2.92. The lowest BCUT2D eigenvalue weighted by molar-refractivity contribution is -0.149. The first-order valence-electron chi connectivity index (χ1n) is 11.8. The number of halogens is 4. The van der Waals surface area contributed by atoms with E-state index < -0.39 is 48.3 Å². The maximum Gasteiger partial charge on any atom is 0.410 e. The fourth-order valence-electron chi connectivity index (χ4n) is 4.60. The van der Waals surface area contributed by atoms with Gasteiger partial charge in [-0.2, -0.15) is 13.2 Å². The molecule has 0 aromatic carbocycles. The summed E-state index contributed by atoms with van der Waals surface area (Å²) >= 11 is 0. The van der Waals surface area contributed by atoms with E-state index in [1.54, 1.807) is 0 Å². The van der Waals surface area contributed by atoms with Crippen molar-refractivity contribution in [3.05, 3.63) is 23.9 Å². The van der Waals surface area contributed by atoms with E-state index in [1.165, 1.54) is 18.3 Å². The second-order valence-electron chi connectivity index (χ2n) is 9.90. The summed E-state index contributed by atoms with van der Waals surface area (Å²) in [5, 5.41) is 7.16. The van der Waals surface area contributed by atoms with Gasteiger partial charge in [-0.25, -0.2) is 14.2 Å². The quantitative estimate of drug-likeness (QED) is 0.501. The van der Waals surface area contributed by atoms with Crippen LogP contribution in [0.4, 0.5) is 28.2 Å². The van der Waals surface area contributed by atoms with Crippen LogP contribution in [0.25, 0.3) is 0 Å². The van der Waals surface area contributed by atoms with Gasteiger partial charge >= 0.3 is 12.2 Å². The van der Waals surface area contributed by atoms with E-state index in [2.05, 4.69) is 22.5 Å². The van der Waals surface area contributed by atoms with Crippen LogP contribution in [-0.2, 0) is 16.1 Å². The molecule has 12 heteroatoms. The Morgan fingerprint density at radius 1 is 1.26 bits per heavy atom. The number of hydrogen-bond acceptors (Lipinski definition) is 4. The van der Waals surface area contributed by atoms with E-state index in [1.807, 2.05) is 5.32 Å². The van der Waals surface area contributed by atoms with E-state index in [4.69, 9.17) is 0 Å². The molecule has 1 saturated heterocycles. The molecule has 3 N–H and O–H groups in total. The van der Waals surface area contributed by atoms with Crippen molar-refractivity contribution in [2.75, 3.05) is 11.9 Å². The van der Waals surface area contributed by atoms with Crippen molar-refractivity contribution >= 4 is 23.7 Å². The molecule has 0 spiro atoms. The van der Waals surface area contributed by atoms with Crippen molar-refractivity contribution in [1.82, 2.24) is 20.5 Å². The van der Waals surface area contributed by atoms with E-state index >= 15 is 0 Å². The van der Waals surface area contributed by atoms with Gasteiger partial charge in [-0.3, -0.25) is 9.59 Å². The molecular weight excluding hydrogens is 470 g/mol. The standard InChI is InChI=1S/C23H29F4N5O3/c1-13-2-4-15(5-3-13)18(31-20(34)22(24)7-8-22)19(33)30-17-10-14(6-9-28-17)11-32-12-16(23(25,26)27)29-21(32)35/h6,9-10,13,15-16,18H,2-5,7-8,11-12H2,1H3,(H,29,35)(H,31,34)(H,28,30,33)/t13?,15?,16-,18-/m1/s1. The highest BCUT2D eigenvalue weighted by atomic mass is 19.4. The van der Waals surface area contributed by atoms with Crippen LogP contribution in [0.5, 0.6) is 0 Å². The van der Waals surface area contributed by atoms with Crippen LogP contribution in [0.15, 0.2) is 18.3 Å². The van der Waals surface area contributed by atoms with Crippen molar-refractivity contribution in [2.45, 2.75) is 75.9 Å². The highest BCUT2D eigenvalue weighted by Crippen LogP contribution is 2.40. The summed E-state index contributed by atoms with van der Waals surface area (Å²) < 4.78 is 53.0. The number of amides is 4. The molecule has 8 nitrogen and oxygen atoms in total. The zero-order valence-corrected chi connectivity index (χ0v) is 19.3. The molecule has 2 atom stereocenters. The number of pyridine rings is 1. The van der Waals surface area contributed by atoms with Gasteiger partial charge in [0.1, 0.15) is 17.9 Å². The van der Waals surface area contributed by atoms with Crippen LogP contribution < -0.4 is 16.0 Å². The first-order valence-corrected chi connectivity index (χ1v) is 11.8. The minimum absolute atomic E-state index is 0.102. The number of hydrogen-bond donors (Lipinski definition) is 3. The predicted octanol–water partition coefficient (Wildman–Crippen LogP) is 3.29. The van der Waals surface area contributed by atoms with Gasteiger partial charge < -0.3 is 20.9 Å². The van der Waals surface area contributed by atoms with Crippen molar-refractivity contribution < 1.29 is 31.9 Å². The van der Waals surface area contributed by atoms with E-state index in [0.29, 0.717) is 11.5 Å². The summed E-state index contributed by atoms with van der Waals surface area (Å²) in [5.41, 5.74) is -1.44. The van der Waals surface area contributed by atoms with Crippen molar-refractivity contribution in [3.63, 3.8) is 0 Å². The molecule has 4 rings (SSSR count). The maximum absolute atomic E-state index is 14.3. The average molecular weight is 500 g/mol. The summed E-state index contributed by atoms with van der Waals surface area (Å²) in [6, 6.07) is -0.699. The van der Waals surface area contributed by atoms with Gasteiger partial charge in [0, 0.05) is 12.7 Å². The smallest absolute Gasteiger partial charge is 0.341 e. The Morgan fingerprint density at radius 2 is 1.94 bits per heavy atom. The summed E-state index contributed by atoms with van der Waals surface area (Å²) in [6.45, 7) is 1.50. The number of carbonyl (C=O) groups excluding carboxylic acids is 3. The van der Waals surface area contributed by atoms with Crippen LogP contribution in [0, 0.1) is 11.8 Å². The van der Waals surface area contributed by atoms with Gasteiger partial charge in [-0.15, -0.1) is 0 Å². The number of urea groups is 1. The molecule has 2 heterocycles. The Morgan fingerprint density at radius 3 is 2.54 bits per heavy atom. The number of alkyl halides is 4. The van der Waals surface area contributed by atoms with E-state index in [9.17, 15) is 31.9 Å². The molecule has 3 aliphatic rings. The summed E-state index contributed by atoms with van der Waals surface area (Å²) in [4.78, 5) is 42.6. The summed E-state index contributed by atoms with van der Waals surface area (Å²) in [6.07, 6.45) is 0.335. The number of nitrogens with one attached hydrogen (secondary N) is 3. The maximum atomic E-state index is 14.3. The molecule has 35 heavy (non-hydrogen) atoms. The Balaban J connectivity index is 1.43. The third-order valence-electron chi connectivity index (χ3n) is 7.03. The SMILES string of the molecule is CC1CCC([C@@H](NC(=O)C2(F)CC2)C(=O)Nc2cc(CN3C[C@H](C(F)(F)F)NC3=O)ccn2)CC1. The molecule has 0 radical (unpaired) electrons. The fraction of sp³-hybridized carbons (Fsp3) is 0.652. The lowest BCUT2D eigenvalue weighted by Gasteiger charge is -2.32. The molecule has 0 bridgehead atoms. The highest BCUT2D eigenvalue weighted by Gasteiger charge is 2.52. The molecule has 1 aliphatic heterocycles. The minimum atomic E-state index is -4.54. The van der Waals surface area contributed by atoms with Crippen LogP contribution in [0.3, 0.4) is 0 Å². The normalized spacial score (nSPS) is 26.6. The second kappa shape index (κ2) is 9.62. The molecule has 1 aromatic heterocycles. The zero-order chi connectivity index (χ0) is 25.4. The Labute approximate surface area is 200 Å². The lowest BCUT2D eigenvalue weighted by atomic mass is 9.79. The Kier molecular flexibility index (Phi) is 6.92. The third-order valence-corrected chi connectivity index (χ3v) is 7.03. The first kappa shape index (κ1) is 25.2. The number of aromatic nitrogens is 1. The second-order valence-corrected chi connectivity index (χ2v) is 9.90. The molecular formula is C23H29F4N5O3. The van der Waals surface area contributed by atoms with Crippen molar-refractivity contribution in [2.24, 2.45) is 11.8 Å². The number of rotatable bonds is 7. The van der Waals surface area contributed by atoms with Crippen LogP contribution in [0.2, 0.25) is 0 Å². The molecule has 4 amide bonds. The molecule has 0 unspecified atom stereocenters. The number of nitrogens with zero attached hydrogens (tertiary/aromatic N) is 2. The first-order chi connectivity index (χ1) is 16.4. The van der Waals surface area contributed by atoms with Gasteiger partial charge in [0.05, 0.1) is 6.54 Å². The van der Waals surface area contributed by atoms with Gasteiger partial charge in [-0.05, 0) is 55.2 Å². The molecule has 1 aromatic rings. The van der Waals surface area contributed by atoms with Gasteiger partial charge in [0.2, 0.25) is 5.91 Å². The molecule has 2 aliphatic carbocycles. The summed E-state index contributed by atoms with van der Waals surface area (Å²) in [5.74, 6) is -0.808. The minimum Gasteiger partial charge on any atom is -0.341 e. The van der Waals surface area contributed by atoms with Crippen LogP contribution >= 0.6 is 0 Å². The fourth-order valence-corrected chi connectivity index (χ4v) is 4.60.